The second-order valence-corrected chi connectivity index (χ2v) is 4.50. The summed E-state index contributed by atoms with van der Waals surface area (Å²) in [6.45, 7) is 0.285. The fourth-order valence-electron chi connectivity index (χ4n) is 1.39. The highest BCUT2D eigenvalue weighted by atomic mass is 79.9. The molecule has 1 atom stereocenters. The van der Waals surface area contributed by atoms with E-state index in [1.807, 2.05) is 0 Å². The molecule has 0 aliphatic carbocycles. The minimum Gasteiger partial charge on any atom is -0.383 e. The first-order valence-corrected chi connectivity index (χ1v) is 5.94. The first-order chi connectivity index (χ1) is 8.61. The average Bonchev–Trinajstić information content (AvgIpc) is 2.82. The van der Waals surface area contributed by atoms with Crippen LogP contribution in [0.2, 0.25) is 0 Å². The maximum atomic E-state index is 13.4. The summed E-state index contributed by atoms with van der Waals surface area (Å²) in [5.41, 5.74) is 6.26. The number of hydrogen-bond acceptors (Lipinski definition) is 5. The Labute approximate surface area is 111 Å². The van der Waals surface area contributed by atoms with E-state index in [0.717, 1.165) is 0 Å². The Kier molecular flexibility index (Phi) is 4.05. The molecule has 18 heavy (non-hydrogen) atoms. The SMILES string of the molecule is COCC(N)c1noc(-c2ccc(Br)c(F)c2)n1. The number of nitrogens with zero attached hydrogens (tertiary/aromatic N) is 2. The van der Waals surface area contributed by atoms with Crippen LogP contribution in [-0.2, 0) is 4.74 Å². The lowest BCUT2D eigenvalue weighted by atomic mass is 10.2. The number of nitrogens with two attached hydrogens (primary N) is 1. The minimum absolute atomic E-state index is 0.225. The summed E-state index contributed by atoms with van der Waals surface area (Å²) >= 11 is 3.07. The molecule has 0 aliphatic rings. The normalized spacial score (nSPS) is 12.7. The predicted molar refractivity (Wildman–Crippen MR) is 66.2 cm³/mol. The summed E-state index contributed by atoms with van der Waals surface area (Å²) in [5, 5.41) is 3.74. The molecule has 1 aromatic carbocycles. The van der Waals surface area contributed by atoms with Crippen LogP contribution in [0.1, 0.15) is 11.9 Å². The standard InChI is InChI=1S/C11H11BrFN3O2/c1-17-5-9(14)10-15-11(18-16-10)6-2-3-7(12)8(13)4-6/h2-4,9H,5,14H2,1H3. The second kappa shape index (κ2) is 5.55. The molecule has 0 amide bonds. The first kappa shape index (κ1) is 13.1. The molecular weight excluding hydrogens is 305 g/mol. The number of hydrogen-bond donors (Lipinski definition) is 1. The molecule has 0 spiro atoms. The van der Waals surface area contributed by atoms with E-state index < -0.39 is 11.9 Å². The van der Waals surface area contributed by atoms with Crippen molar-refractivity contribution in [1.29, 1.82) is 0 Å². The van der Waals surface area contributed by atoms with E-state index in [1.54, 1.807) is 12.1 Å². The number of methoxy groups -OCH3 is 1. The maximum absolute atomic E-state index is 13.4. The lowest BCUT2D eigenvalue weighted by molar-refractivity contribution is 0.177. The van der Waals surface area contributed by atoms with Crippen LogP contribution in [0.3, 0.4) is 0 Å². The van der Waals surface area contributed by atoms with Gasteiger partial charge in [-0.05, 0) is 34.1 Å². The van der Waals surface area contributed by atoms with Gasteiger partial charge >= 0.3 is 0 Å². The third kappa shape index (κ3) is 2.74. The fourth-order valence-corrected chi connectivity index (χ4v) is 1.63. The van der Waals surface area contributed by atoms with Crippen LogP contribution >= 0.6 is 15.9 Å². The van der Waals surface area contributed by atoms with Crippen LogP contribution in [0.4, 0.5) is 4.39 Å². The van der Waals surface area contributed by atoms with Crippen LogP contribution in [0.15, 0.2) is 27.2 Å². The van der Waals surface area contributed by atoms with Gasteiger partial charge in [-0.1, -0.05) is 5.16 Å². The van der Waals surface area contributed by atoms with E-state index in [9.17, 15) is 4.39 Å². The lowest BCUT2D eigenvalue weighted by Crippen LogP contribution is -2.17. The molecule has 2 N–H and O–H groups in total. The van der Waals surface area contributed by atoms with Gasteiger partial charge in [0.15, 0.2) is 5.82 Å². The quantitative estimate of drug-likeness (QED) is 0.937. The van der Waals surface area contributed by atoms with Gasteiger partial charge in [-0.25, -0.2) is 4.39 Å². The van der Waals surface area contributed by atoms with Crippen molar-refractivity contribution in [2.75, 3.05) is 13.7 Å². The lowest BCUT2D eigenvalue weighted by Gasteiger charge is -2.03. The van der Waals surface area contributed by atoms with Gasteiger partial charge in [0.05, 0.1) is 17.1 Å². The summed E-state index contributed by atoms with van der Waals surface area (Å²) in [6, 6.07) is 4.09. The van der Waals surface area contributed by atoms with Crippen LogP contribution < -0.4 is 5.73 Å². The van der Waals surface area contributed by atoms with E-state index in [0.29, 0.717) is 15.9 Å². The summed E-state index contributed by atoms with van der Waals surface area (Å²) < 4.78 is 23.7. The smallest absolute Gasteiger partial charge is 0.258 e. The zero-order valence-corrected chi connectivity index (χ0v) is 11.1. The van der Waals surface area contributed by atoms with Gasteiger partial charge in [0, 0.05) is 12.7 Å². The molecule has 0 radical (unpaired) electrons. The van der Waals surface area contributed by atoms with E-state index >= 15 is 0 Å². The molecule has 5 nitrogen and oxygen atoms in total. The summed E-state index contributed by atoms with van der Waals surface area (Å²) in [5.74, 6) is 0.159. The third-order valence-corrected chi connectivity index (χ3v) is 2.93. The number of ether oxygens (including phenoxy) is 1. The Bertz CT molecular complexity index is 547. The highest BCUT2D eigenvalue weighted by Gasteiger charge is 2.15. The summed E-state index contributed by atoms with van der Waals surface area (Å²) in [4.78, 5) is 4.11. The molecule has 1 unspecified atom stereocenters. The molecule has 0 bridgehead atoms. The van der Waals surface area contributed by atoms with Gasteiger partial charge in [-0.15, -0.1) is 0 Å². The molecular formula is C11H11BrFN3O2. The summed E-state index contributed by atoms with van der Waals surface area (Å²) in [6.07, 6.45) is 0. The molecule has 0 aliphatic heterocycles. The van der Waals surface area contributed by atoms with Gasteiger partial charge < -0.3 is 15.0 Å². The third-order valence-electron chi connectivity index (χ3n) is 2.29. The Morgan fingerprint density at radius 1 is 1.56 bits per heavy atom. The molecule has 0 saturated heterocycles. The van der Waals surface area contributed by atoms with E-state index in [2.05, 4.69) is 26.1 Å². The Balaban J connectivity index is 2.26. The molecule has 0 fully saturated rings. The van der Waals surface area contributed by atoms with Crippen molar-refractivity contribution in [2.24, 2.45) is 5.73 Å². The topological polar surface area (TPSA) is 74.2 Å². The van der Waals surface area contributed by atoms with Gasteiger partial charge in [-0.2, -0.15) is 4.98 Å². The highest BCUT2D eigenvalue weighted by molar-refractivity contribution is 9.10. The molecule has 7 heteroatoms. The zero-order chi connectivity index (χ0) is 13.1. The molecule has 0 saturated carbocycles. The van der Waals surface area contributed by atoms with Crippen LogP contribution in [0.5, 0.6) is 0 Å². The maximum Gasteiger partial charge on any atom is 0.258 e. The van der Waals surface area contributed by atoms with Crippen molar-refractivity contribution in [3.05, 3.63) is 34.3 Å². The molecule has 2 rings (SSSR count). The highest BCUT2D eigenvalue weighted by Crippen LogP contribution is 2.23. The second-order valence-electron chi connectivity index (χ2n) is 3.65. The average molecular weight is 316 g/mol. The van der Waals surface area contributed by atoms with Crippen LogP contribution in [-0.4, -0.2) is 23.9 Å². The molecule has 2 aromatic rings. The van der Waals surface area contributed by atoms with Crippen molar-refractivity contribution in [1.82, 2.24) is 10.1 Å². The zero-order valence-electron chi connectivity index (χ0n) is 9.56. The van der Waals surface area contributed by atoms with Crippen molar-refractivity contribution >= 4 is 15.9 Å². The summed E-state index contributed by atoms with van der Waals surface area (Å²) in [7, 11) is 1.53. The fraction of sp³-hybridized carbons (Fsp3) is 0.273. The molecule has 1 aromatic heterocycles. The largest absolute Gasteiger partial charge is 0.383 e. The van der Waals surface area contributed by atoms with Crippen molar-refractivity contribution in [2.45, 2.75) is 6.04 Å². The van der Waals surface area contributed by atoms with Crippen molar-refractivity contribution < 1.29 is 13.7 Å². The monoisotopic (exact) mass is 315 g/mol. The van der Waals surface area contributed by atoms with Crippen molar-refractivity contribution in [3.8, 4) is 11.5 Å². The predicted octanol–water partition coefficient (Wildman–Crippen LogP) is 2.28. The molecule has 96 valence electrons. The van der Waals surface area contributed by atoms with E-state index in [4.69, 9.17) is 15.0 Å². The van der Waals surface area contributed by atoms with Gasteiger partial charge in [-0.3, -0.25) is 0 Å². The number of benzene rings is 1. The molecule has 1 heterocycles. The van der Waals surface area contributed by atoms with Gasteiger partial charge in [0.2, 0.25) is 0 Å². The number of aromatic nitrogens is 2. The van der Waals surface area contributed by atoms with E-state index in [-0.39, 0.29) is 12.5 Å². The number of halogens is 2. The Morgan fingerprint density at radius 2 is 2.33 bits per heavy atom. The van der Waals surface area contributed by atoms with Crippen LogP contribution in [0.25, 0.3) is 11.5 Å². The Hall–Kier alpha value is -1.31. The number of rotatable bonds is 4. The van der Waals surface area contributed by atoms with Crippen LogP contribution in [0, 0.1) is 5.82 Å². The first-order valence-electron chi connectivity index (χ1n) is 5.15. The van der Waals surface area contributed by atoms with Crippen molar-refractivity contribution in [3.63, 3.8) is 0 Å². The van der Waals surface area contributed by atoms with Gasteiger partial charge in [0.1, 0.15) is 5.82 Å². The minimum atomic E-state index is -0.465. The Morgan fingerprint density at radius 3 is 3.00 bits per heavy atom. The van der Waals surface area contributed by atoms with Gasteiger partial charge in [0.25, 0.3) is 5.89 Å². The van der Waals surface area contributed by atoms with E-state index in [1.165, 1.54) is 13.2 Å².